The van der Waals surface area contributed by atoms with Crippen LogP contribution in [0.1, 0.15) is 41.4 Å². The molecule has 0 atom stereocenters. The Kier molecular flexibility index (Phi) is 5.95. The van der Waals surface area contributed by atoms with Crippen molar-refractivity contribution in [3.8, 4) is 0 Å². The van der Waals surface area contributed by atoms with E-state index in [1.54, 1.807) is 35.3 Å². The van der Waals surface area contributed by atoms with Gasteiger partial charge in [0.1, 0.15) is 5.82 Å². The van der Waals surface area contributed by atoms with E-state index in [1.807, 2.05) is 13.8 Å². The van der Waals surface area contributed by atoms with Gasteiger partial charge in [0, 0.05) is 36.6 Å². The first-order valence-corrected chi connectivity index (χ1v) is 9.15. The van der Waals surface area contributed by atoms with Gasteiger partial charge in [-0.3, -0.25) is 9.48 Å². The highest BCUT2D eigenvalue weighted by atomic mass is 19.4. The Hall–Kier alpha value is -3.56. The first-order valence-electron chi connectivity index (χ1n) is 9.15. The van der Waals surface area contributed by atoms with Gasteiger partial charge >= 0.3 is 6.18 Å². The van der Waals surface area contributed by atoms with Crippen molar-refractivity contribution in [2.75, 3.05) is 10.6 Å². The zero-order valence-corrected chi connectivity index (χ0v) is 16.4. The van der Waals surface area contributed by atoms with E-state index in [4.69, 9.17) is 5.73 Å². The van der Waals surface area contributed by atoms with Crippen LogP contribution in [0.2, 0.25) is 0 Å². The third-order valence-corrected chi connectivity index (χ3v) is 4.36. The van der Waals surface area contributed by atoms with Gasteiger partial charge in [-0.1, -0.05) is 18.2 Å². The van der Waals surface area contributed by atoms with Crippen molar-refractivity contribution in [1.82, 2.24) is 14.8 Å². The summed E-state index contributed by atoms with van der Waals surface area (Å²) in [5.41, 5.74) is 5.59. The van der Waals surface area contributed by atoms with Crippen molar-refractivity contribution in [3.63, 3.8) is 0 Å². The number of hydrogen-bond donors (Lipinski definition) is 3. The fraction of sp³-hybridized carbons (Fsp3) is 0.250. The van der Waals surface area contributed by atoms with E-state index >= 15 is 0 Å². The number of carbonyl (C=O) groups excluding carboxylic acids is 1. The maximum absolute atomic E-state index is 13.4. The largest absolute Gasteiger partial charge is 0.419 e. The lowest BCUT2D eigenvalue weighted by atomic mass is 10.1. The van der Waals surface area contributed by atoms with Gasteiger partial charge in [-0.05, 0) is 25.5 Å². The van der Waals surface area contributed by atoms with Gasteiger partial charge < -0.3 is 16.4 Å². The van der Waals surface area contributed by atoms with Gasteiger partial charge in [-0.25, -0.2) is 4.98 Å². The molecule has 0 bridgehead atoms. The Morgan fingerprint density at radius 2 is 1.97 bits per heavy atom. The quantitative estimate of drug-likeness (QED) is 0.531. The number of carbonyl (C=O) groups is 1. The molecule has 2 heterocycles. The lowest BCUT2D eigenvalue weighted by molar-refractivity contribution is -0.137. The zero-order chi connectivity index (χ0) is 21.9. The maximum Gasteiger partial charge on any atom is 0.419 e. The van der Waals surface area contributed by atoms with E-state index in [0.29, 0.717) is 11.3 Å². The predicted octanol–water partition coefficient (Wildman–Crippen LogP) is 4.33. The van der Waals surface area contributed by atoms with E-state index in [2.05, 4.69) is 20.7 Å². The summed E-state index contributed by atoms with van der Waals surface area (Å²) in [7, 11) is 0. The summed E-state index contributed by atoms with van der Waals surface area (Å²) < 4.78 is 42.0. The molecule has 0 aliphatic carbocycles. The second-order valence-electron chi connectivity index (χ2n) is 6.92. The molecule has 3 aromatic rings. The summed E-state index contributed by atoms with van der Waals surface area (Å²) in [5, 5.41) is 9.88. The summed E-state index contributed by atoms with van der Waals surface area (Å²) in [6.45, 7) is 3.90. The number of primary amides is 1. The predicted molar refractivity (Wildman–Crippen MR) is 107 cm³/mol. The molecule has 0 aliphatic heterocycles. The van der Waals surface area contributed by atoms with E-state index in [1.165, 1.54) is 12.1 Å². The smallest absolute Gasteiger partial charge is 0.380 e. The number of rotatable bonds is 7. The average molecular weight is 418 g/mol. The number of nitrogens with zero attached hydrogens (tertiary/aromatic N) is 3. The third kappa shape index (κ3) is 4.88. The molecule has 0 saturated carbocycles. The van der Waals surface area contributed by atoms with Gasteiger partial charge in [0.05, 0.1) is 23.1 Å². The summed E-state index contributed by atoms with van der Waals surface area (Å²) in [4.78, 5) is 15.4. The molecule has 0 unspecified atom stereocenters. The molecule has 0 spiro atoms. The van der Waals surface area contributed by atoms with E-state index in [9.17, 15) is 18.0 Å². The third-order valence-electron chi connectivity index (χ3n) is 4.36. The number of alkyl halides is 3. The van der Waals surface area contributed by atoms with Crippen LogP contribution in [0.4, 0.5) is 30.4 Å². The Morgan fingerprint density at radius 3 is 2.60 bits per heavy atom. The second-order valence-corrected chi connectivity index (χ2v) is 6.92. The Morgan fingerprint density at radius 1 is 1.23 bits per heavy atom. The van der Waals surface area contributed by atoms with E-state index in [-0.39, 0.29) is 29.7 Å². The minimum Gasteiger partial charge on any atom is -0.380 e. The molecular weight excluding hydrogens is 397 g/mol. The first-order chi connectivity index (χ1) is 14.1. The summed E-state index contributed by atoms with van der Waals surface area (Å²) in [6, 6.07) is 7.87. The van der Waals surface area contributed by atoms with Crippen LogP contribution in [0.5, 0.6) is 0 Å². The van der Waals surface area contributed by atoms with Crippen LogP contribution in [0, 0.1) is 0 Å². The Balaban J connectivity index is 1.87. The molecule has 0 radical (unpaired) electrons. The highest BCUT2D eigenvalue weighted by Gasteiger charge is 2.34. The fourth-order valence-electron chi connectivity index (χ4n) is 2.83. The average Bonchev–Trinajstić information content (AvgIpc) is 3.14. The van der Waals surface area contributed by atoms with Crippen LogP contribution in [-0.4, -0.2) is 20.7 Å². The number of amides is 1. The molecule has 2 aromatic heterocycles. The van der Waals surface area contributed by atoms with Crippen molar-refractivity contribution >= 4 is 23.1 Å². The molecule has 1 amide bonds. The Labute approximate surface area is 171 Å². The Bertz CT molecular complexity index is 1050. The number of aromatic nitrogens is 3. The van der Waals surface area contributed by atoms with Gasteiger partial charge in [-0.2, -0.15) is 18.3 Å². The number of nitrogens with two attached hydrogens (primary N) is 1. The number of halogens is 3. The number of anilines is 3. The molecular formula is C20H21F3N6O. The number of benzene rings is 1. The minimum atomic E-state index is -4.60. The van der Waals surface area contributed by atoms with E-state index in [0.717, 1.165) is 6.20 Å². The van der Waals surface area contributed by atoms with Crippen molar-refractivity contribution in [3.05, 3.63) is 65.6 Å². The van der Waals surface area contributed by atoms with Gasteiger partial charge in [0.15, 0.2) is 0 Å². The molecule has 0 aliphatic rings. The molecule has 0 saturated heterocycles. The zero-order valence-electron chi connectivity index (χ0n) is 16.4. The topological polar surface area (TPSA) is 97.9 Å². The highest BCUT2D eigenvalue weighted by molar-refractivity contribution is 5.94. The highest BCUT2D eigenvalue weighted by Crippen LogP contribution is 2.36. The standard InChI is InChI=1S/C20H21F3N6O/c1-12(2)29-11-14(9-27-29)28-18-7-17(16(10-26-18)20(21,22)23)25-8-13-5-3-4-6-15(13)19(24)30/h3-7,9-12H,8H2,1-2H3,(H2,24,30)(H2,25,26,28). The molecule has 10 heteroatoms. The SMILES string of the molecule is CC(C)n1cc(Nc2cc(NCc3ccccc3C(N)=O)c(C(F)(F)F)cn2)cn1. The summed E-state index contributed by atoms with van der Waals surface area (Å²) in [5.74, 6) is -0.431. The summed E-state index contributed by atoms with van der Waals surface area (Å²) in [6.07, 6.45) is -0.535. The van der Waals surface area contributed by atoms with E-state index < -0.39 is 17.6 Å². The molecule has 158 valence electrons. The molecule has 4 N–H and O–H groups in total. The van der Waals surface area contributed by atoms with Crippen LogP contribution in [0.25, 0.3) is 0 Å². The second kappa shape index (κ2) is 8.44. The monoisotopic (exact) mass is 418 g/mol. The van der Waals surface area contributed by atoms with Crippen molar-refractivity contribution in [2.45, 2.75) is 32.6 Å². The molecule has 7 nitrogen and oxygen atoms in total. The number of hydrogen-bond acceptors (Lipinski definition) is 5. The van der Waals surface area contributed by atoms with Crippen LogP contribution in [0.15, 0.2) is 48.9 Å². The van der Waals surface area contributed by atoms with Crippen molar-refractivity contribution in [1.29, 1.82) is 0 Å². The lowest BCUT2D eigenvalue weighted by Gasteiger charge is -2.16. The van der Waals surface area contributed by atoms with Gasteiger partial charge in [0.2, 0.25) is 5.91 Å². The van der Waals surface area contributed by atoms with Crippen LogP contribution >= 0.6 is 0 Å². The number of nitrogens with one attached hydrogen (secondary N) is 2. The molecule has 1 aromatic carbocycles. The van der Waals surface area contributed by atoms with Crippen LogP contribution in [0.3, 0.4) is 0 Å². The van der Waals surface area contributed by atoms with Crippen LogP contribution in [-0.2, 0) is 12.7 Å². The van der Waals surface area contributed by atoms with Crippen molar-refractivity contribution < 1.29 is 18.0 Å². The van der Waals surface area contributed by atoms with Gasteiger partial charge in [0.25, 0.3) is 0 Å². The minimum absolute atomic E-state index is 0.0169. The molecule has 30 heavy (non-hydrogen) atoms. The summed E-state index contributed by atoms with van der Waals surface area (Å²) >= 11 is 0. The maximum atomic E-state index is 13.4. The normalized spacial score (nSPS) is 11.5. The number of pyridine rings is 1. The van der Waals surface area contributed by atoms with Crippen LogP contribution < -0.4 is 16.4 Å². The molecule has 3 rings (SSSR count). The van der Waals surface area contributed by atoms with Crippen molar-refractivity contribution in [2.24, 2.45) is 5.73 Å². The first kappa shape index (κ1) is 21.2. The van der Waals surface area contributed by atoms with Gasteiger partial charge in [-0.15, -0.1) is 0 Å². The lowest BCUT2D eigenvalue weighted by Crippen LogP contribution is -2.16. The molecule has 0 fully saturated rings. The fourth-order valence-corrected chi connectivity index (χ4v) is 2.83.